The molecular weight excluding hydrogens is 340 g/mol. The Hall–Kier alpha value is -2.82. The zero-order chi connectivity index (χ0) is 19.6. The molecule has 3 rings (SSSR count). The van der Waals surface area contributed by atoms with Gasteiger partial charge in [-0.05, 0) is 76.1 Å². The summed E-state index contributed by atoms with van der Waals surface area (Å²) in [5.41, 5.74) is 1.58. The van der Waals surface area contributed by atoms with Gasteiger partial charge in [0, 0.05) is 23.8 Å². The van der Waals surface area contributed by atoms with E-state index in [2.05, 4.69) is 5.32 Å². The van der Waals surface area contributed by atoms with Crippen LogP contribution in [-0.2, 0) is 9.59 Å². The fraction of sp³-hybridized carbons (Fsp3) is 0.364. The van der Waals surface area contributed by atoms with E-state index in [-0.39, 0.29) is 17.9 Å². The quantitative estimate of drug-likeness (QED) is 0.858. The van der Waals surface area contributed by atoms with Gasteiger partial charge in [0.05, 0.1) is 0 Å². The van der Waals surface area contributed by atoms with Crippen LogP contribution in [-0.4, -0.2) is 23.5 Å². The van der Waals surface area contributed by atoms with Gasteiger partial charge in [-0.1, -0.05) is 12.1 Å². The maximum absolute atomic E-state index is 12.7. The third-order valence-electron chi connectivity index (χ3n) is 4.80. The van der Waals surface area contributed by atoms with E-state index in [0.717, 1.165) is 17.7 Å². The summed E-state index contributed by atoms with van der Waals surface area (Å²) < 4.78 is 5.88. The SMILES string of the molecule is Cc1cccc(OC(C)(C)C(=O)Nc2ccc(N3C(=O)CCC3C)cc2)c1. The van der Waals surface area contributed by atoms with Crippen molar-refractivity contribution in [1.29, 1.82) is 0 Å². The van der Waals surface area contributed by atoms with Crippen molar-refractivity contribution < 1.29 is 14.3 Å². The van der Waals surface area contributed by atoms with Gasteiger partial charge in [0.15, 0.2) is 5.60 Å². The average molecular weight is 366 g/mol. The van der Waals surface area contributed by atoms with Crippen molar-refractivity contribution in [1.82, 2.24) is 0 Å². The lowest BCUT2D eigenvalue weighted by molar-refractivity contribution is -0.128. The Morgan fingerprint density at radius 2 is 1.89 bits per heavy atom. The second-order valence-corrected chi connectivity index (χ2v) is 7.58. The number of rotatable bonds is 5. The van der Waals surface area contributed by atoms with Crippen LogP contribution in [0, 0.1) is 6.92 Å². The second kappa shape index (κ2) is 7.43. The number of carbonyl (C=O) groups is 2. The number of nitrogens with zero attached hydrogens (tertiary/aromatic N) is 1. The standard InChI is InChI=1S/C22H26N2O3/c1-15-6-5-7-19(14-15)27-22(3,4)21(26)23-17-9-11-18(12-10-17)24-16(2)8-13-20(24)25/h5-7,9-12,14,16H,8,13H2,1-4H3,(H,23,26). The summed E-state index contributed by atoms with van der Waals surface area (Å²) in [6.07, 6.45) is 1.46. The van der Waals surface area contributed by atoms with Crippen LogP contribution in [0.1, 0.15) is 39.2 Å². The third kappa shape index (κ3) is 4.30. The maximum atomic E-state index is 12.7. The number of carbonyl (C=O) groups excluding carboxylic acids is 2. The summed E-state index contributed by atoms with van der Waals surface area (Å²) in [6, 6.07) is 15.2. The molecule has 5 nitrogen and oxygen atoms in total. The molecule has 1 N–H and O–H groups in total. The summed E-state index contributed by atoms with van der Waals surface area (Å²) in [6.45, 7) is 7.51. The largest absolute Gasteiger partial charge is 0.478 e. The fourth-order valence-corrected chi connectivity index (χ4v) is 3.23. The van der Waals surface area contributed by atoms with Gasteiger partial charge < -0.3 is 15.0 Å². The molecule has 0 aromatic heterocycles. The van der Waals surface area contributed by atoms with Crippen molar-refractivity contribution in [3.05, 3.63) is 54.1 Å². The normalized spacial score (nSPS) is 17.1. The van der Waals surface area contributed by atoms with E-state index in [4.69, 9.17) is 4.74 Å². The van der Waals surface area contributed by atoms with E-state index < -0.39 is 5.60 Å². The van der Waals surface area contributed by atoms with Crippen LogP contribution in [0.5, 0.6) is 5.75 Å². The lowest BCUT2D eigenvalue weighted by atomic mass is 10.1. The van der Waals surface area contributed by atoms with Crippen molar-refractivity contribution in [2.75, 3.05) is 10.2 Å². The maximum Gasteiger partial charge on any atom is 0.267 e. The summed E-state index contributed by atoms with van der Waals surface area (Å²) in [4.78, 5) is 26.5. The van der Waals surface area contributed by atoms with Crippen LogP contribution in [0.2, 0.25) is 0 Å². The first-order valence-corrected chi connectivity index (χ1v) is 9.25. The van der Waals surface area contributed by atoms with Crippen molar-refractivity contribution in [3.8, 4) is 5.75 Å². The van der Waals surface area contributed by atoms with Crippen LogP contribution in [0.3, 0.4) is 0 Å². The van der Waals surface area contributed by atoms with E-state index in [1.165, 1.54) is 0 Å². The number of benzene rings is 2. The molecule has 2 aromatic carbocycles. The molecule has 1 unspecified atom stereocenters. The number of hydrogen-bond donors (Lipinski definition) is 1. The van der Waals surface area contributed by atoms with Gasteiger partial charge in [0.2, 0.25) is 5.91 Å². The molecule has 27 heavy (non-hydrogen) atoms. The predicted octanol–water partition coefficient (Wildman–Crippen LogP) is 4.31. The fourth-order valence-electron chi connectivity index (χ4n) is 3.23. The first kappa shape index (κ1) is 19.0. The molecule has 1 atom stereocenters. The Morgan fingerprint density at radius 3 is 2.48 bits per heavy atom. The topological polar surface area (TPSA) is 58.6 Å². The molecule has 0 saturated carbocycles. The molecule has 1 saturated heterocycles. The Bertz CT molecular complexity index is 843. The molecule has 2 aromatic rings. The number of nitrogens with one attached hydrogen (secondary N) is 1. The Balaban J connectivity index is 1.67. The van der Waals surface area contributed by atoms with Gasteiger partial charge in [-0.2, -0.15) is 0 Å². The summed E-state index contributed by atoms with van der Waals surface area (Å²) >= 11 is 0. The smallest absolute Gasteiger partial charge is 0.267 e. The van der Waals surface area contributed by atoms with E-state index >= 15 is 0 Å². The van der Waals surface area contributed by atoms with Crippen LogP contribution >= 0.6 is 0 Å². The van der Waals surface area contributed by atoms with Crippen LogP contribution in [0.15, 0.2) is 48.5 Å². The molecule has 1 aliphatic rings. The molecule has 5 heteroatoms. The van der Waals surface area contributed by atoms with E-state index in [1.807, 2.05) is 67.3 Å². The zero-order valence-corrected chi connectivity index (χ0v) is 16.3. The van der Waals surface area contributed by atoms with E-state index in [1.54, 1.807) is 13.8 Å². The lowest BCUT2D eigenvalue weighted by Gasteiger charge is -2.26. The molecule has 1 aliphatic heterocycles. The average Bonchev–Trinajstić information content (AvgIpc) is 2.94. The zero-order valence-electron chi connectivity index (χ0n) is 16.3. The summed E-state index contributed by atoms with van der Waals surface area (Å²) in [7, 11) is 0. The molecule has 1 fully saturated rings. The second-order valence-electron chi connectivity index (χ2n) is 7.58. The van der Waals surface area contributed by atoms with Crippen molar-refractivity contribution in [3.63, 3.8) is 0 Å². The van der Waals surface area contributed by atoms with Crippen LogP contribution in [0.25, 0.3) is 0 Å². The number of anilines is 2. The highest BCUT2D eigenvalue weighted by molar-refractivity contribution is 5.98. The first-order chi connectivity index (χ1) is 12.8. The Morgan fingerprint density at radius 1 is 1.19 bits per heavy atom. The number of hydrogen-bond acceptors (Lipinski definition) is 3. The Kier molecular flexibility index (Phi) is 5.22. The predicted molar refractivity (Wildman–Crippen MR) is 107 cm³/mol. The highest BCUT2D eigenvalue weighted by Crippen LogP contribution is 2.28. The van der Waals surface area contributed by atoms with Gasteiger partial charge in [0.1, 0.15) is 5.75 Å². The minimum absolute atomic E-state index is 0.145. The van der Waals surface area contributed by atoms with Gasteiger partial charge in [0.25, 0.3) is 5.91 Å². The number of amides is 2. The molecular formula is C22H26N2O3. The van der Waals surface area contributed by atoms with Crippen molar-refractivity contribution >= 4 is 23.2 Å². The van der Waals surface area contributed by atoms with Crippen LogP contribution in [0.4, 0.5) is 11.4 Å². The lowest BCUT2D eigenvalue weighted by Crippen LogP contribution is -2.42. The van der Waals surface area contributed by atoms with Crippen LogP contribution < -0.4 is 15.0 Å². The molecule has 142 valence electrons. The molecule has 0 aliphatic carbocycles. The molecule has 0 spiro atoms. The Labute approximate surface area is 160 Å². The minimum Gasteiger partial charge on any atom is -0.478 e. The summed E-state index contributed by atoms with van der Waals surface area (Å²) in [5.74, 6) is 0.571. The van der Waals surface area contributed by atoms with Crippen molar-refractivity contribution in [2.24, 2.45) is 0 Å². The first-order valence-electron chi connectivity index (χ1n) is 9.25. The van der Waals surface area contributed by atoms with Crippen molar-refractivity contribution in [2.45, 2.75) is 52.2 Å². The monoisotopic (exact) mass is 366 g/mol. The number of ether oxygens (including phenoxy) is 1. The van der Waals surface area contributed by atoms with Gasteiger partial charge in [-0.15, -0.1) is 0 Å². The van der Waals surface area contributed by atoms with Gasteiger partial charge in [-0.3, -0.25) is 9.59 Å². The van der Waals surface area contributed by atoms with E-state index in [0.29, 0.717) is 17.9 Å². The van der Waals surface area contributed by atoms with Gasteiger partial charge >= 0.3 is 0 Å². The van der Waals surface area contributed by atoms with E-state index in [9.17, 15) is 9.59 Å². The summed E-state index contributed by atoms with van der Waals surface area (Å²) in [5, 5.41) is 2.89. The third-order valence-corrected chi connectivity index (χ3v) is 4.80. The minimum atomic E-state index is -1.02. The highest BCUT2D eigenvalue weighted by Gasteiger charge is 2.31. The molecule has 0 bridgehead atoms. The molecule has 0 radical (unpaired) electrons. The molecule has 2 amide bonds. The van der Waals surface area contributed by atoms with Gasteiger partial charge in [-0.25, -0.2) is 0 Å². The number of aryl methyl sites for hydroxylation is 1. The highest BCUT2D eigenvalue weighted by atomic mass is 16.5. The molecule has 1 heterocycles.